The Morgan fingerprint density at radius 1 is 1.00 bits per heavy atom. The molecule has 7 nitrogen and oxygen atoms in total. The lowest BCUT2D eigenvalue weighted by Gasteiger charge is -2.62. The molecule has 44 heavy (non-hydrogen) atoms. The van der Waals surface area contributed by atoms with Crippen LogP contribution in [0.1, 0.15) is 133 Å². The number of aryl methyl sites for hydroxylation is 1. The maximum atomic E-state index is 14.6. The fourth-order valence-electron chi connectivity index (χ4n) is 10.1. The minimum atomic E-state index is -2.67. The van der Waals surface area contributed by atoms with E-state index in [1.165, 1.54) is 32.1 Å². The predicted octanol–water partition coefficient (Wildman–Crippen LogP) is 6.12. The third-order valence-corrected chi connectivity index (χ3v) is 11.9. The molecule has 0 amide bonds. The van der Waals surface area contributed by atoms with Gasteiger partial charge in [0.15, 0.2) is 28.7 Å². The summed E-state index contributed by atoms with van der Waals surface area (Å²) in [6.07, 6.45) is 9.26. The molecular weight excluding hydrogens is 556 g/mol. The van der Waals surface area contributed by atoms with Crippen molar-refractivity contribution >= 4 is 28.9 Å². The highest BCUT2D eigenvalue weighted by Gasteiger charge is 2.76. The van der Waals surface area contributed by atoms with Gasteiger partial charge in [-0.2, -0.15) is 0 Å². The number of hydrogen-bond donors (Lipinski definition) is 2. The van der Waals surface area contributed by atoms with Gasteiger partial charge in [0.1, 0.15) is 17.5 Å². The Kier molecular flexibility index (Phi) is 8.40. The summed E-state index contributed by atoms with van der Waals surface area (Å²) in [7, 11) is 0. The Hall–Kier alpha value is -2.67. The number of phenols is 1. The Bertz CT molecular complexity index is 1420. The number of fused-ring (bicyclic) bond motifs is 3. The molecule has 2 N–H and O–H groups in total. The summed E-state index contributed by atoms with van der Waals surface area (Å²) in [4.78, 5) is 69.3. The van der Waals surface area contributed by atoms with Crippen molar-refractivity contribution in [2.45, 2.75) is 124 Å². The largest absolute Gasteiger partial charge is 0.507 e. The number of rotatable bonds is 7. The summed E-state index contributed by atoms with van der Waals surface area (Å²) >= 11 is 0. The minimum Gasteiger partial charge on any atom is -0.507 e. The van der Waals surface area contributed by atoms with Gasteiger partial charge < -0.3 is 10.2 Å². The van der Waals surface area contributed by atoms with Crippen molar-refractivity contribution in [3.05, 3.63) is 28.3 Å². The number of hydrogen-bond acceptors (Lipinski definition) is 7. The number of carbonyl (C=O) groups excluding carboxylic acids is 5. The molecule has 6 atom stereocenters. The number of Topliss-reactive ketones (excluding diaryl/α,β-unsaturated/α-hetero) is 5. The molecule has 3 saturated carbocycles. The molecule has 3 unspecified atom stereocenters. The number of aromatic hydroxyl groups is 1. The van der Waals surface area contributed by atoms with E-state index >= 15 is 0 Å². The average Bonchev–Trinajstić information content (AvgIpc) is 2.92. The Labute approximate surface area is 261 Å². The van der Waals surface area contributed by atoms with Gasteiger partial charge in [0.2, 0.25) is 0 Å². The van der Waals surface area contributed by atoms with Crippen LogP contribution in [0.4, 0.5) is 0 Å². The monoisotopic (exact) mass is 606 g/mol. The lowest BCUT2D eigenvalue weighted by atomic mass is 9.39. The van der Waals surface area contributed by atoms with E-state index in [1.54, 1.807) is 20.8 Å². The number of carbonyl (C=O) groups is 5. The molecule has 1 aromatic carbocycles. The summed E-state index contributed by atoms with van der Waals surface area (Å²) in [6, 6.07) is 2.03. The highest BCUT2D eigenvalue weighted by Crippen LogP contribution is 2.64. The number of phenolic OH excluding ortho intramolecular Hbond substituents is 1. The van der Waals surface area contributed by atoms with Crippen molar-refractivity contribution in [1.29, 1.82) is 0 Å². The lowest BCUT2D eigenvalue weighted by molar-refractivity contribution is -0.205. The van der Waals surface area contributed by atoms with Gasteiger partial charge in [0.25, 0.3) is 0 Å². The first-order chi connectivity index (χ1) is 20.5. The van der Waals surface area contributed by atoms with Crippen LogP contribution in [0.25, 0.3) is 0 Å². The molecule has 0 aliphatic heterocycles. The number of benzene rings is 1. The topological polar surface area (TPSA) is 126 Å². The van der Waals surface area contributed by atoms with Crippen LogP contribution in [0.2, 0.25) is 0 Å². The minimum absolute atomic E-state index is 0.0544. The van der Waals surface area contributed by atoms with Crippen LogP contribution in [0, 0.1) is 40.4 Å². The van der Waals surface area contributed by atoms with E-state index in [1.807, 2.05) is 13.0 Å². The molecule has 1 aromatic rings. The molecule has 0 radical (unpaired) electrons. The van der Waals surface area contributed by atoms with E-state index in [-0.39, 0.29) is 29.6 Å². The first-order valence-corrected chi connectivity index (χ1v) is 16.8. The second kappa shape index (κ2) is 11.3. The van der Waals surface area contributed by atoms with Gasteiger partial charge in [-0.3, -0.25) is 24.0 Å². The predicted molar refractivity (Wildman–Crippen MR) is 167 cm³/mol. The maximum Gasteiger partial charge on any atom is 0.190 e. The van der Waals surface area contributed by atoms with Crippen molar-refractivity contribution in [2.24, 2.45) is 40.4 Å². The summed E-state index contributed by atoms with van der Waals surface area (Å²) in [5.74, 6) is -7.64. The second-order valence-electron chi connectivity index (χ2n) is 15.7. The van der Waals surface area contributed by atoms with E-state index in [9.17, 15) is 34.2 Å². The molecule has 240 valence electrons. The van der Waals surface area contributed by atoms with Crippen molar-refractivity contribution in [3.63, 3.8) is 0 Å². The van der Waals surface area contributed by atoms with Gasteiger partial charge in [0, 0.05) is 11.3 Å². The standard InChI is InChI=1S/C37H50O7/c1-19(2)24-16-23(15-11-14-22-12-9-8-10-13-22)30(39)27-25(24)17-35(6)18-36(7)28(20(3)4)31(40)26(21(5)38)33(42)37(36,44)34(43)29(35)32(27)41/h16,19-20,22,26,28-29,39,44H,8-15,17-18H2,1-7H3/t26?,28?,29?,35-,36-,37+/m1/s1. The SMILES string of the molecule is CC(=O)C1C(=O)C(C(C)C)[C@@]2(C)C[C@@]3(C)Cc4c(C(C)C)cc(CCCC5CCCCC5)c(O)c4C(=O)C3C(=O)[C@@]2(O)C1=O. The molecule has 0 aromatic heterocycles. The van der Waals surface area contributed by atoms with Gasteiger partial charge in [-0.1, -0.05) is 86.1 Å². The highest BCUT2D eigenvalue weighted by molar-refractivity contribution is 6.32. The van der Waals surface area contributed by atoms with Crippen LogP contribution in [0.3, 0.4) is 0 Å². The average molecular weight is 607 g/mol. The quantitative estimate of drug-likeness (QED) is 0.358. The summed E-state index contributed by atoms with van der Waals surface area (Å²) in [6.45, 7) is 12.3. The normalized spacial score (nSPS) is 34.3. The Morgan fingerprint density at radius 3 is 2.20 bits per heavy atom. The third-order valence-electron chi connectivity index (χ3n) is 11.9. The smallest absolute Gasteiger partial charge is 0.190 e. The fourth-order valence-corrected chi connectivity index (χ4v) is 10.1. The van der Waals surface area contributed by atoms with Gasteiger partial charge in [-0.25, -0.2) is 0 Å². The second-order valence-corrected chi connectivity index (χ2v) is 15.7. The van der Waals surface area contributed by atoms with E-state index in [2.05, 4.69) is 13.8 Å². The summed E-state index contributed by atoms with van der Waals surface area (Å²) < 4.78 is 0. The van der Waals surface area contributed by atoms with Crippen molar-refractivity contribution in [3.8, 4) is 5.75 Å². The molecule has 0 spiro atoms. The molecule has 0 heterocycles. The zero-order chi connectivity index (χ0) is 32.5. The lowest BCUT2D eigenvalue weighted by Crippen LogP contribution is -2.76. The van der Waals surface area contributed by atoms with Crippen molar-refractivity contribution in [1.82, 2.24) is 0 Å². The molecule has 0 bridgehead atoms. The third kappa shape index (κ3) is 4.66. The number of aliphatic hydroxyl groups is 1. The van der Waals surface area contributed by atoms with Crippen molar-refractivity contribution in [2.75, 3.05) is 0 Å². The molecule has 4 aliphatic carbocycles. The van der Waals surface area contributed by atoms with Crippen LogP contribution in [0.15, 0.2) is 6.07 Å². The van der Waals surface area contributed by atoms with Crippen LogP contribution >= 0.6 is 0 Å². The zero-order valence-electron chi connectivity index (χ0n) is 27.5. The molecule has 3 fully saturated rings. The first kappa shape index (κ1) is 32.7. The van der Waals surface area contributed by atoms with Gasteiger partial charge in [-0.15, -0.1) is 0 Å². The van der Waals surface area contributed by atoms with Crippen molar-refractivity contribution < 1.29 is 34.2 Å². The first-order valence-electron chi connectivity index (χ1n) is 16.8. The van der Waals surface area contributed by atoms with Gasteiger partial charge in [-0.05, 0) is 72.5 Å². The summed E-state index contributed by atoms with van der Waals surface area (Å²) in [5.41, 5.74) is -2.66. The molecule has 5 rings (SSSR count). The summed E-state index contributed by atoms with van der Waals surface area (Å²) in [5, 5.41) is 23.9. The highest BCUT2D eigenvalue weighted by atomic mass is 16.3. The fraction of sp³-hybridized carbons (Fsp3) is 0.703. The molecule has 7 heteroatoms. The van der Waals surface area contributed by atoms with E-state index in [0.29, 0.717) is 24.3 Å². The molecule has 0 saturated heterocycles. The van der Waals surface area contributed by atoms with Crippen LogP contribution in [-0.4, -0.2) is 44.7 Å². The van der Waals surface area contributed by atoms with E-state index < -0.39 is 63.1 Å². The molecular formula is C37H50O7. The Morgan fingerprint density at radius 2 is 1.64 bits per heavy atom. The Balaban J connectivity index is 1.60. The van der Waals surface area contributed by atoms with Crippen LogP contribution in [0.5, 0.6) is 5.75 Å². The maximum absolute atomic E-state index is 14.6. The van der Waals surface area contributed by atoms with Crippen LogP contribution in [-0.2, 0) is 32.0 Å². The molecule has 4 aliphatic rings. The van der Waals surface area contributed by atoms with E-state index in [4.69, 9.17) is 0 Å². The van der Waals surface area contributed by atoms with E-state index in [0.717, 1.165) is 30.9 Å². The number of ketones is 5. The van der Waals surface area contributed by atoms with Crippen LogP contribution < -0.4 is 0 Å². The zero-order valence-corrected chi connectivity index (χ0v) is 27.5. The van der Waals surface area contributed by atoms with Gasteiger partial charge in [0.05, 0.1) is 11.5 Å². The van der Waals surface area contributed by atoms with Gasteiger partial charge >= 0.3 is 0 Å².